The maximum Gasteiger partial charge on any atom is 0.213 e. The van der Waals surface area contributed by atoms with Gasteiger partial charge in [-0.2, -0.15) is 9.13 Å². The molecule has 0 bridgehead atoms. The molecule has 0 saturated carbocycles. The van der Waals surface area contributed by atoms with Crippen molar-refractivity contribution in [3.05, 3.63) is 144 Å². The number of aromatic nitrogens is 2. The van der Waals surface area contributed by atoms with Gasteiger partial charge in [0.2, 0.25) is 22.8 Å². The zero-order valence-electron chi connectivity index (χ0n) is 35.7. The van der Waals surface area contributed by atoms with Crippen LogP contribution in [0.25, 0.3) is 34.0 Å². The summed E-state index contributed by atoms with van der Waals surface area (Å²) < 4.78 is 21.9. The first-order valence-corrected chi connectivity index (χ1v) is 20.1. The Morgan fingerprint density at radius 2 is 0.885 bits per heavy atom. The van der Waals surface area contributed by atoms with Gasteiger partial charge in [-0.05, 0) is 53.9 Å². The van der Waals surface area contributed by atoms with E-state index in [1.54, 1.807) is 0 Å². The highest BCUT2D eigenvalue weighted by atomic mass is 127. The van der Waals surface area contributed by atoms with E-state index in [2.05, 4.69) is 168 Å². The number of pyridine rings is 2. The van der Waals surface area contributed by atoms with Crippen molar-refractivity contribution in [3.8, 4) is 11.5 Å². The summed E-state index contributed by atoms with van der Waals surface area (Å²) in [7, 11) is 12.9. The Bertz CT molecular complexity index is 2440. The number of fused-ring (bicyclic) bond motifs is 4. The summed E-state index contributed by atoms with van der Waals surface area (Å²) in [5, 5.41) is 2.44. The third-order valence-electron chi connectivity index (χ3n) is 11.5. The average molecular weight is 1270 g/mol. The largest absolute Gasteiger partial charge is 1.00 e. The van der Waals surface area contributed by atoms with Crippen LogP contribution >= 0.6 is 0 Å². The maximum absolute atomic E-state index is 6.23. The van der Waals surface area contributed by atoms with E-state index in [-0.39, 0.29) is 95.9 Å². The van der Waals surface area contributed by atoms with Crippen LogP contribution in [0, 0.1) is 0 Å². The molecule has 0 fully saturated rings. The number of benzene rings is 4. The molecule has 8 rings (SSSR count). The lowest BCUT2D eigenvalue weighted by Gasteiger charge is -2.12. The highest BCUT2D eigenvalue weighted by Gasteiger charge is 2.25. The van der Waals surface area contributed by atoms with Gasteiger partial charge < -0.3 is 115 Å². The van der Waals surface area contributed by atoms with Gasteiger partial charge in [-0.3, -0.25) is 0 Å². The van der Waals surface area contributed by atoms with Crippen molar-refractivity contribution in [3.63, 3.8) is 0 Å². The van der Waals surface area contributed by atoms with E-state index in [0.29, 0.717) is 0 Å². The number of hydrogen-bond donors (Lipinski definition) is 0. The number of aryl methyl sites for hydroxylation is 2. The van der Waals surface area contributed by atoms with Crippen molar-refractivity contribution in [1.29, 1.82) is 0 Å². The molecule has 0 spiro atoms. The zero-order chi connectivity index (χ0) is 39.5. The van der Waals surface area contributed by atoms with Crippen molar-refractivity contribution in [2.45, 2.75) is 45.2 Å². The fourth-order valence-corrected chi connectivity index (χ4v) is 8.16. The SMILES string of the molecule is CN1C(=Cc2cc[n+](CCC(CCCC(CC[n+]3ccc(C=C4Oc5ccccc5N4C)c4ccccc43)=[N+](C)C)=[N+](C)C)c3ccccc23)Oc2ccccc21.[I-].[I-].[I-].[I-]. The second-order valence-electron chi connectivity index (χ2n) is 15.5. The van der Waals surface area contributed by atoms with E-state index in [1.165, 1.54) is 33.2 Å². The third-order valence-corrected chi connectivity index (χ3v) is 11.5. The number of anilines is 2. The topological polar surface area (TPSA) is 38.7 Å². The fraction of sp³-hybridized carbons (Fsp3) is 0.265. The van der Waals surface area contributed by atoms with Gasteiger partial charge in [0.15, 0.2) is 48.4 Å². The number of para-hydroxylation sites is 6. The second-order valence-corrected chi connectivity index (χ2v) is 15.5. The first kappa shape index (κ1) is 50.3. The molecule has 8 nitrogen and oxygen atoms in total. The summed E-state index contributed by atoms with van der Waals surface area (Å²) in [6, 6.07) is 38.2. The highest BCUT2D eigenvalue weighted by Crippen LogP contribution is 2.39. The van der Waals surface area contributed by atoms with Crippen LogP contribution in [-0.2, 0) is 13.1 Å². The number of ether oxygens (including phenoxy) is 2. The quantitative estimate of drug-likeness (QED) is 0.0721. The van der Waals surface area contributed by atoms with Gasteiger partial charge in [0.25, 0.3) is 0 Å². The Labute approximate surface area is 429 Å². The molecule has 0 N–H and O–H groups in total. The Hall–Kier alpha value is -3.36. The normalized spacial score (nSPS) is 13.6. The van der Waals surface area contributed by atoms with Gasteiger partial charge in [-0.15, -0.1) is 0 Å². The van der Waals surface area contributed by atoms with Gasteiger partial charge in [0.1, 0.15) is 28.2 Å². The van der Waals surface area contributed by atoms with Crippen molar-refractivity contribution in [2.75, 3.05) is 52.1 Å². The molecule has 320 valence electrons. The molecule has 0 saturated heterocycles. The summed E-state index contributed by atoms with van der Waals surface area (Å²) in [6.45, 7) is 1.84. The molecule has 0 aliphatic carbocycles. The zero-order valence-corrected chi connectivity index (χ0v) is 44.3. The molecule has 6 aromatic rings. The number of nitrogens with zero attached hydrogens (tertiary/aromatic N) is 6. The van der Waals surface area contributed by atoms with Crippen LogP contribution in [-0.4, -0.2) is 62.9 Å². The minimum Gasteiger partial charge on any atom is -1.00 e. The van der Waals surface area contributed by atoms with E-state index in [4.69, 9.17) is 9.47 Å². The lowest BCUT2D eigenvalue weighted by atomic mass is 10.0. The Balaban J connectivity index is 0.00000205. The summed E-state index contributed by atoms with van der Waals surface area (Å²) in [4.78, 5) is 4.23. The van der Waals surface area contributed by atoms with Crippen molar-refractivity contribution >= 4 is 56.8 Å². The van der Waals surface area contributed by atoms with Gasteiger partial charge in [-0.1, -0.05) is 48.5 Å². The summed E-state index contributed by atoms with van der Waals surface area (Å²) in [6.07, 6.45) is 14.0. The first-order valence-electron chi connectivity index (χ1n) is 20.1. The van der Waals surface area contributed by atoms with Crippen LogP contribution in [0.4, 0.5) is 11.4 Å². The molecular weight excluding hydrogens is 1210 g/mol. The lowest BCUT2D eigenvalue weighted by Crippen LogP contribution is -3.00. The van der Waals surface area contributed by atoms with Crippen LogP contribution in [0.1, 0.15) is 43.2 Å². The van der Waals surface area contributed by atoms with E-state index in [0.717, 1.165) is 91.0 Å². The summed E-state index contributed by atoms with van der Waals surface area (Å²) in [5.74, 6) is 3.46. The number of halogens is 4. The monoisotopic (exact) mass is 1270 g/mol. The molecule has 0 unspecified atom stereocenters. The van der Waals surface area contributed by atoms with Gasteiger partial charge in [-0.25, -0.2) is 9.15 Å². The molecule has 0 atom stereocenters. The molecule has 12 heteroatoms. The molecule has 2 aromatic heterocycles. The molecule has 0 amide bonds. The average Bonchev–Trinajstić information content (AvgIpc) is 3.72. The van der Waals surface area contributed by atoms with E-state index < -0.39 is 0 Å². The number of rotatable bonds is 12. The smallest absolute Gasteiger partial charge is 0.213 e. The van der Waals surface area contributed by atoms with Crippen molar-refractivity contribution < 1.29 is 124 Å². The molecule has 4 heterocycles. The van der Waals surface area contributed by atoms with Crippen LogP contribution in [0.2, 0.25) is 0 Å². The minimum atomic E-state index is 0. The molecule has 2 aliphatic heterocycles. The third kappa shape index (κ3) is 11.2. The fourth-order valence-electron chi connectivity index (χ4n) is 8.16. The Morgan fingerprint density at radius 3 is 1.28 bits per heavy atom. The van der Waals surface area contributed by atoms with Crippen molar-refractivity contribution in [2.24, 2.45) is 0 Å². The highest BCUT2D eigenvalue weighted by molar-refractivity contribution is 5.88. The summed E-state index contributed by atoms with van der Waals surface area (Å²) in [5.41, 5.74) is 9.87. The predicted molar refractivity (Wildman–Crippen MR) is 233 cm³/mol. The maximum atomic E-state index is 6.23. The van der Waals surface area contributed by atoms with E-state index in [9.17, 15) is 0 Å². The van der Waals surface area contributed by atoms with Crippen LogP contribution in [0.3, 0.4) is 0 Å². The molecule has 2 aliphatic rings. The number of hydrogen-bond acceptors (Lipinski definition) is 4. The van der Waals surface area contributed by atoms with Gasteiger partial charge >= 0.3 is 0 Å². The van der Waals surface area contributed by atoms with Gasteiger partial charge in [0.05, 0.1) is 35.0 Å². The van der Waals surface area contributed by atoms with Crippen LogP contribution in [0.15, 0.2) is 133 Å². The minimum absolute atomic E-state index is 0. The lowest BCUT2D eigenvalue weighted by molar-refractivity contribution is -0.670. The van der Waals surface area contributed by atoms with Crippen molar-refractivity contribution in [1.82, 2.24) is 0 Å². The van der Waals surface area contributed by atoms with E-state index >= 15 is 0 Å². The summed E-state index contributed by atoms with van der Waals surface area (Å²) >= 11 is 0. The molecule has 0 radical (unpaired) electrons. The molecule has 61 heavy (non-hydrogen) atoms. The standard InChI is InChI=1S/C49H54N6O2.4HI/c1-50(2)38(28-32-54-30-26-36(40-18-7-9-20-42(40)54)34-48-52(5)44-22-11-13-24-46(44)56-48)16-15-17-39(51(3)4)29-33-55-31-27-37(41-19-8-10-21-43(41)55)35-49-53(6)45-23-12-14-25-47(45)57-49;;;;/h7-14,18-27,30-31,34-35H,15-17,28-29,32-33H2,1-6H3;4*1H/q+4;;;;/p-4. The van der Waals surface area contributed by atoms with Crippen LogP contribution < -0.4 is 124 Å². The molecule has 4 aromatic carbocycles. The van der Waals surface area contributed by atoms with Crippen LogP contribution in [0.5, 0.6) is 11.5 Å². The predicted octanol–water partition coefficient (Wildman–Crippen LogP) is -3.68. The molecular formula is C49H54I4N6O2. The Kier molecular flexibility index (Phi) is 18.8. The van der Waals surface area contributed by atoms with Gasteiger partial charge in [0, 0.05) is 63.4 Å². The second kappa shape index (κ2) is 22.8. The Morgan fingerprint density at radius 1 is 0.508 bits per heavy atom. The first-order chi connectivity index (χ1) is 27.7. The van der Waals surface area contributed by atoms with E-state index in [1.807, 2.05) is 36.4 Å².